The fourth-order valence-corrected chi connectivity index (χ4v) is 1.30. The van der Waals surface area contributed by atoms with Gasteiger partial charge in [-0.3, -0.25) is 4.79 Å². The van der Waals surface area contributed by atoms with Gasteiger partial charge in [0.25, 0.3) is 0 Å². The van der Waals surface area contributed by atoms with Gasteiger partial charge in [0.2, 0.25) is 0 Å². The Kier molecular flexibility index (Phi) is 3.89. The predicted octanol–water partition coefficient (Wildman–Crippen LogP) is 1.45. The van der Waals surface area contributed by atoms with E-state index in [4.69, 9.17) is 10.8 Å². The molecule has 0 saturated heterocycles. The normalized spacial score (nSPS) is 12.5. The Morgan fingerprint density at radius 3 is 2.50 bits per heavy atom. The van der Waals surface area contributed by atoms with E-state index in [1.807, 2.05) is 0 Å². The van der Waals surface area contributed by atoms with Crippen molar-refractivity contribution >= 4 is 5.97 Å². The van der Waals surface area contributed by atoms with Gasteiger partial charge in [-0.25, -0.2) is 13.2 Å². The Morgan fingerprint density at radius 1 is 1.31 bits per heavy atom. The molecule has 6 heteroatoms. The largest absolute Gasteiger partial charge is 0.481 e. The molecule has 3 N–H and O–H groups in total. The molecule has 0 aromatic heterocycles. The van der Waals surface area contributed by atoms with Gasteiger partial charge in [0.15, 0.2) is 17.5 Å². The van der Waals surface area contributed by atoms with Crippen LogP contribution in [0.15, 0.2) is 12.1 Å². The quantitative estimate of drug-likeness (QED) is 0.773. The second kappa shape index (κ2) is 4.98. The van der Waals surface area contributed by atoms with Gasteiger partial charge in [-0.1, -0.05) is 6.07 Å². The molecule has 1 unspecified atom stereocenters. The summed E-state index contributed by atoms with van der Waals surface area (Å²) in [4.78, 5) is 10.3. The first-order valence-corrected chi connectivity index (χ1v) is 4.51. The maximum absolute atomic E-state index is 13.1. The summed E-state index contributed by atoms with van der Waals surface area (Å²) < 4.78 is 38.5. The highest BCUT2D eigenvalue weighted by molar-refractivity contribution is 5.67. The first-order valence-electron chi connectivity index (χ1n) is 4.51. The molecule has 0 saturated carbocycles. The van der Waals surface area contributed by atoms with Crippen molar-refractivity contribution in [2.24, 2.45) is 5.73 Å². The van der Waals surface area contributed by atoms with E-state index in [0.29, 0.717) is 0 Å². The van der Waals surface area contributed by atoms with Crippen LogP contribution >= 0.6 is 0 Å². The van der Waals surface area contributed by atoms with Crippen molar-refractivity contribution in [3.8, 4) is 0 Å². The first-order chi connectivity index (χ1) is 7.41. The van der Waals surface area contributed by atoms with E-state index in [-0.39, 0.29) is 18.4 Å². The summed E-state index contributed by atoms with van der Waals surface area (Å²) in [5.41, 5.74) is 5.27. The maximum atomic E-state index is 13.1. The van der Waals surface area contributed by atoms with Gasteiger partial charge in [0, 0.05) is 6.04 Å². The number of hydrogen-bond acceptors (Lipinski definition) is 2. The summed E-state index contributed by atoms with van der Waals surface area (Å²) in [5, 5.41) is 8.42. The zero-order chi connectivity index (χ0) is 12.3. The molecular weight excluding hydrogens is 223 g/mol. The molecule has 1 aromatic carbocycles. The van der Waals surface area contributed by atoms with E-state index in [1.165, 1.54) is 0 Å². The zero-order valence-electron chi connectivity index (χ0n) is 8.21. The van der Waals surface area contributed by atoms with Gasteiger partial charge in [0.05, 0.1) is 6.42 Å². The minimum Gasteiger partial charge on any atom is -0.481 e. The molecule has 0 bridgehead atoms. The number of halogens is 3. The van der Waals surface area contributed by atoms with Crippen LogP contribution in [0.3, 0.4) is 0 Å². The summed E-state index contributed by atoms with van der Waals surface area (Å²) in [6.45, 7) is 0. The Hall–Kier alpha value is -1.56. The van der Waals surface area contributed by atoms with Crippen molar-refractivity contribution < 1.29 is 23.1 Å². The Labute approximate surface area is 89.7 Å². The van der Waals surface area contributed by atoms with E-state index < -0.39 is 29.5 Å². The minimum atomic E-state index is -1.57. The van der Waals surface area contributed by atoms with Gasteiger partial charge >= 0.3 is 5.97 Å². The smallest absolute Gasteiger partial charge is 0.304 e. The number of hydrogen-bond donors (Lipinski definition) is 2. The number of rotatable bonds is 4. The van der Waals surface area contributed by atoms with Crippen LogP contribution in [0.2, 0.25) is 0 Å². The summed E-state index contributed by atoms with van der Waals surface area (Å²) in [6, 6.07) is 0.994. The van der Waals surface area contributed by atoms with E-state index >= 15 is 0 Å². The lowest BCUT2D eigenvalue weighted by Gasteiger charge is -2.10. The lowest BCUT2D eigenvalue weighted by Crippen LogP contribution is -2.26. The lowest BCUT2D eigenvalue weighted by molar-refractivity contribution is -0.137. The average molecular weight is 233 g/mol. The van der Waals surface area contributed by atoms with Crippen molar-refractivity contribution in [3.63, 3.8) is 0 Å². The lowest BCUT2D eigenvalue weighted by atomic mass is 10.0. The molecule has 0 fully saturated rings. The number of nitrogens with two attached hydrogens (primary N) is 1. The first kappa shape index (κ1) is 12.5. The van der Waals surface area contributed by atoms with Crippen LogP contribution < -0.4 is 5.73 Å². The standard InChI is InChI=1S/C10H10F3NO2/c11-7-2-1-5(9(12)10(7)13)3-6(14)4-8(15)16/h1-2,6H,3-4,14H2,(H,15,16). The third kappa shape index (κ3) is 2.96. The molecule has 1 aromatic rings. The molecule has 0 aliphatic rings. The monoisotopic (exact) mass is 233 g/mol. The molecule has 0 radical (unpaired) electrons. The highest BCUT2D eigenvalue weighted by Crippen LogP contribution is 2.16. The van der Waals surface area contributed by atoms with Crippen molar-refractivity contribution in [1.82, 2.24) is 0 Å². The second-order valence-electron chi connectivity index (χ2n) is 3.40. The predicted molar refractivity (Wildman–Crippen MR) is 50.2 cm³/mol. The highest BCUT2D eigenvalue weighted by Gasteiger charge is 2.16. The van der Waals surface area contributed by atoms with Crippen LogP contribution in [0, 0.1) is 17.5 Å². The third-order valence-electron chi connectivity index (χ3n) is 2.03. The molecule has 3 nitrogen and oxygen atoms in total. The average Bonchev–Trinajstić information content (AvgIpc) is 2.18. The van der Waals surface area contributed by atoms with Crippen molar-refractivity contribution in [1.29, 1.82) is 0 Å². The maximum Gasteiger partial charge on any atom is 0.304 e. The van der Waals surface area contributed by atoms with Crippen LogP contribution in [-0.2, 0) is 11.2 Å². The highest BCUT2D eigenvalue weighted by atomic mass is 19.2. The van der Waals surface area contributed by atoms with Crippen LogP contribution in [0.5, 0.6) is 0 Å². The molecule has 0 aliphatic heterocycles. The summed E-state index contributed by atoms with van der Waals surface area (Å²) in [6.07, 6.45) is -0.520. The van der Waals surface area contributed by atoms with Gasteiger partial charge in [-0.15, -0.1) is 0 Å². The Balaban J connectivity index is 2.82. The SMILES string of the molecule is NC(CC(=O)O)Cc1ccc(F)c(F)c1F. The summed E-state index contributed by atoms with van der Waals surface area (Å²) in [5.74, 6) is -5.30. The number of aliphatic carboxylic acids is 1. The number of carbonyl (C=O) groups is 1. The molecule has 0 heterocycles. The molecule has 16 heavy (non-hydrogen) atoms. The topological polar surface area (TPSA) is 63.3 Å². The van der Waals surface area contributed by atoms with E-state index in [9.17, 15) is 18.0 Å². The summed E-state index contributed by atoms with van der Waals surface area (Å²) in [7, 11) is 0. The van der Waals surface area contributed by atoms with Crippen LogP contribution in [-0.4, -0.2) is 17.1 Å². The van der Waals surface area contributed by atoms with E-state index in [1.54, 1.807) is 0 Å². The van der Waals surface area contributed by atoms with Gasteiger partial charge in [0.1, 0.15) is 0 Å². The fraction of sp³-hybridized carbons (Fsp3) is 0.300. The van der Waals surface area contributed by atoms with Gasteiger partial charge in [-0.2, -0.15) is 0 Å². The van der Waals surface area contributed by atoms with Crippen LogP contribution in [0.1, 0.15) is 12.0 Å². The van der Waals surface area contributed by atoms with Crippen molar-refractivity contribution in [2.75, 3.05) is 0 Å². The van der Waals surface area contributed by atoms with Crippen molar-refractivity contribution in [2.45, 2.75) is 18.9 Å². The Bertz CT molecular complexity index is 409. The molecule has 0 spiro atoms. The van der Waals surface area contributed by atoms with Gasteiger partial charge < -0.3 is 10.8 Å². The molecule has 1 atom stereocenters. The van der Waals surface area contributed by atoms with Gasteiger partial charge in [-0.05, 0) is 18.1 Å². The zero-order valence-corrected chi connectivity index (χ0v) is 8.21. The molecule has 0 amide bonds. The molecule has 0 aliphatic carbocycles. The van der Waals surface area contributed by atoms with E-state index in [0.717, 1.165) is 12.1 Å². The van der Waals surface area contributed by atoms with Crippen molar-refractivity contribution in [3.05, 3.63) is 35.1 Å². The van der Waals surface area contributed by atoms with Crippen LogP contribution in [0.25, 0.3) is 0 Å². The number of carboxylic acid groups (broad SMARTS) is 1. The number of carboxylic acids is 1. The summed E-state index contributed by atoms with van der Waals surface area (Å²) >= 11 is 0. The van der Waals surface area contributed by atoms with Crippen LogP contribution in [0.4, 0.5) is 13.2 Å². The number of benzene rings is 1. The fourth-order valence-electron chi connectivity index (χ4n) is 1.30. The third-order valence-corrected chi connectivity index (χ3v) is 2.03. The second-order valence-corrected chi connectivity index (χ2v) is 3.40. The Morgan fingerprint density at radius 2 is 1.94 bits per heavy atom. The van der Waals surface area contributed by atoms with E-state index in [2.05, 4.69) is 0 Å². The molecular formula is C10H10F3NO2. The molecule has 88 valence electrons. The molecule has 1 rings (SSSR count). The minimum absolute atomic E-state index is 0.132.